The zero-order valence-corrected chi connectivity index (χ0v) is 14.2. The Morgan fingerprint density at radius 2 is 1.00 bits per heavy atom. The molecule has 0 atom stereocenters. The predicted molar refractivity (Wildman–Crippen MR) is 102 cm³/mol. The van der Waals surface area contributed by atoms with Gasteiger partial charge in [-0.25, -0.2) is 0 Å². The van der Waals surface area contributed by atoms with Crippen molar-refractivity contribution >= 4 is 22.5 Å². The Hall–Kier alpha value is -1.91. The molecule has 0 N–H and O–H groups in total. The van der Waals surface area contributed by atoms with Crippen molar-refractivity contribution in [3.05, 3.63) is 90.0 Å². The minimum atomic E-state index is -2.24. The second-order valence-electron chi connectivity index (χ2n) is 7.05. The van der Waals surface area contributed by atoms with Gasteiger partial charge in [0.05, 0.1) is 0 Å². The fraction of sp³-hybridized carbons (Fsp3) is 0.182. The molecule has 2 heterocycles. The van der Waals surface area contributed by atoms with Gasteiger partial charge in [0.2, 0.25) is 0 Å². The van der Waals surface area contributed by atoms with Gasteiger partial charge in [0.25, 0.3) is 0 Å². The van der Waals surface area contributed by atoms with E-state index in [1.807, 2.05) is 0 Å². The van der Waals surface area contributed by atoms with E-state index in [9.17, 15) is 0 Å². The first-order valence-corrected chi connectivity index (χ1v) is 11.2. The predicted octanol–water partition coefficient (Wildman–Crippen LogP) is 3.63. The number of hydrogen-bond donors (Lipinski definition) is 0. The van der Waals surface area contributed by atoms with Gasteiger partial charge in [-0.15, -0.1) is 0 Å². The second-order valence-corrected chi connectivity index (χ2v) is 12.4. The Morgan fingerprint density at radius 1 is 0.522 bits per heavy atom. The summed E-state index contributed by atoms with van der Waals surface area (Å²) in [6.45, 7) is -2.24. The van der Waals surface area contributed by atoms with E-state index < -0.39 is 6.60 Å². The molecule has 2 aliphatic heterocycles. The monoisotopic (exact) mass is 316 g/mol. The first-order valence-electron chi connectivity index (χ1n) is 8.58. The van der Waals surface area contributed by atoms with Crippen molar-refractivity contribution < 1.29 is 0 Å². The molecule has 0 bridgehead atoms. The van der Waals surface area contributed by atoms with Crippen molar-refractivity contribution in [1.82, 2.24) is 0 Å². The summed E-state index contributed by atoms with van der Waals surface area (Å²) in [5.74, 6) is 0. The van der Waals surface area contributed by atoms with Crippen LogP contribution in [0.5, 0.6) is 0 Å². The fourth-order valence-electron chi connectivity index (χ4n) is 5.31. The van der Waals surface area contributed by atoms with Gasteiger partial charge in [-0.1, -0.05) is 0 Å². The van der Waals surface area contributed by atoms with Crippen molar-refractivity contribution in [3.8, 4) is 0 Å². The van der Waals surface area contributed by atoms with E-state index >= 15 is 0 Å². The Balaban J connectivity index is 1.96. The fourth-order valence-corrected chi connectivity index (χ4v) is 12.8. The molecule has 3 aromatic rings. The topological polar surface area (TPSA) is 0 Å². The molecule has 1 heteroatoms. The molecule has 0 unspecified atom stereocenters. The van der Waals surface area contributed by atoms with Crippen LogP contribution < -0.4 is 15.9 Å². The van der Waals surface area contributed by atoms with E-state index in [4.69, 9.17) is 0 Å². The summed E-state index contributed by atoms with van der Waals surface area (Å²) in [5, 5.41) is 4.96. The maximum absolute atomic E-state index is 2.40. The number of aryl methyl sites for hydroxylation is 2. The third kappa shape index (κ3) is 1.51. The standard InChI is InChI=1S/C22H21P/c1-3-10-20(11-4-1)23(21-12-5-2-6-13-21)16-14-18-8-7-9-19(15-17-23)22(18)23/h1-13H,14-17H2. The summed E-state index contributed by atoms with van der Waals surface area (Å²) in [6, 6.07) is 29.9. The van der Waals surface area contributed by atoms with Crippen LogP contribution in [-0.2, 0) is 12.8 Å². The average molecular weight is 316 g/mol. The molecule has 5 rings (SSSR count). The van der Waals surface area contributed by atoms with Gasteiger partial charge < -0.3 is 0 Å². The third-order valence-corrected chi connectivity index (χ3v) is 13.4. The molecule has 0 amide bonds. The molecule has 0 saturated heterocycles. The number of benzene rings is 3. The van der Waals surface area contributed by atoms with Crippen LogP contribution in [0.3, 0.4) is 0 Å². The Bertz CT molecular complexity index is 811. The van der Waals surface area contributed by atoms with Gasteiger partial charge in [-0.2, -0.15) is 0 Å². The molecular weight excluding hydrogens is 295 g/mol. The van der Waals surface area contributed by atoms with Crippen molar-refractivity contribution in [2.24, 2.45) is 0 Å². The van der Waals surface area contributed by atoms with Crippen LogP contribution in [-0.4, -0.2) is 12.3 Å². The van der Waals surface area contributed by atoms with Gasteiger partial charge in [-0.3, -0.25) is 0 Å². The van der Waals surface area contributed by atoms with Crippen LogP contribution in [0.2, 0.25) is 0 Å². The quantitative estimate of drug-likeness (QED) is 0.633. The van der Waals surface area contributed by atoms with Gasteiger partial charge in [-0.05, 0) is 0 Å². The Labute approximate surface area is 138 Å². The zero-order valence-electron chi connectivity index (χ0n) is 13.3. The molecule has 0 aromatic heterocycles. The summed E-state index contributed by atoms with van der Waals surface area (Å²) >= 11 is 0. The second kappa shape index (κ2) is 4.56. The van der Waals surface area contributed by atoms with Crippen molar-refractivity contribution in [2.45, 2.75) is 12.8 Å². The molecule has 2 aliphatic rings. The van der Waals surface area contributed by atoms with Crippen LogP contribution in [0, 0.1) is 0 Å². The van der Waals surface area contributed by atoms with Crippen LogP contribution in [0.15, 0.2) is 78.9 Å². The molecule has 0 nitrogen and oxygen atoms in total. The van der Waals surface area contributed by atoms with Crippen molar-refractivity contribution in [3.63, 3.8) is 0 Å². The van der Waals surface area contributed by atoms with Crippen molar-refractivity contribution in [2.75, 3.05) is 12.3 Å². The van der Waals surface area contributed by atoms with Crippen LogP contribution in [0.25, 0.3) is 0 Å². The first-order chi connectivity index (χ1) is 11.3. The average Bonchev–Trinajstić information content (AvgIpc) is 3.18. The summed E-state index contributed by atoms with van der Waals surface area (Å²) < 4.78 is 0. The normalized spacial score (nSPS) is 21.3. The summed E-state index contributed by atoms with van der Waals surface area (Å²) in [4.78, 5) is 0. The van der Waals surface area contributed by atoms with Gasteiger partial charge >= 0.3 is 138 Å². The van der Waals surface area contributed by atoms with E-state index in [1.54, 1.807) is 27.0 Å². The zero-order chi connectivity index (χ0) is 15.4. The summed E-state index contributed by atoms with van der Waals surface area (Å²) in [7, 11) is 0. The molecule has 0 radical (unpaired) electrons. The molecule has 114 valence electrons. The molecular formula is C22H21P. The van der Waals surface area contributed by atoms with Gasteiger partial charge in [0, 0.05) is 0 Å². The van der Waals surface area contributed by atoms with E-state index in [-0.39, 0.29) is 0 Å². The minimum absolute atomic E-state index is 1.24. The van der Waals surface area contributed by atoms with Crippen LogP contribution in [0.4, 0.5) is 0 Å². The van der Waals surface area contributed by atoms with Gasteiger partial charge in [0.15, 0.2) is 0 Å². The molecule has 23 heavy (non-hydrogen) atoms. The first kappa shape index (κ1) is 13.5. The molecule has 0 fully saturated rings. The van der Waals surface area contributed by atoms with Crippen molar-refractivity contribution in [1.29, 1.82) is 0 Å². The maximum atomic E-state index is 2.40. The Morgan fingerprint density at radius 3 is 1.48 bits per heavy atom. The molecule has 3 aromatic carbocycles. The SMILES string of the molecule is c1ccc(P23(c4ccccc4)CCc4cccc(c42)CC3)cc1. The molecule has 0 spiro atoms. The number of rotatable bonds is 2. The van der Waals surface area contributed by atoms with Crippen LogP contribution >= 0.6 is 6.60 Å². The summed E-state index contributed by atoms with van der Waals surface area (Å²) in [5.41, 5.74) is 3.23. The van der Waals surface area contributed by atoms with E-state index in [0.717, 1.165) is 0 Å². The molecule has 0 aliphatic carbocycles. The van der Waals surface area contributed by atoms with E-state index in [0.29, 0.717) is 0 Å². The number of hydrogen-bond acceptors (Lipinski definition) is 0. The van der Waals surface area contributed by atoms with Crippen LogP contribution in [0.1, 0.15) is 11.1 Å². The molecule has 0 saturated carbocycles. The van der Waals surface area contributed by atoms with E-state index in [1.165, 1.54) is 25.2 Å². The Kier molecular flexibility index (Phi) is 2.68. The summed E-state index contributed by atoms with van der Waals surface area (Å²) in [6.07, 6.45) is 5.13. The van der Waals surface area contributed by atoms with Gasteiger partial charge in [0.1, 0.15) is 0 Å². The van der Waals surface area contributed by atoms with E-state index in [2.05, 4.69) is 78.9 Å². The third-order valence-electron chi connectivity index (χ3n) is 6.25.